The van der Waals surface area contributed by atoms with Crippen molar-refractivity contribution in [2.75, 3.05) is 71.9 Å². The second-order valence-electron chi connectivity index (χ2n) is 6.63. The molecule has 0 radical (unpaired) electrons. The molecule has 1 aromatic heterocycles. The summed E-state index contributed by atoms with van der Waals surface area (Å²) in [6.07, 6.45) is 4.22. The molecule has 10 heteroatoms. The number of rotatable bonds is 8. The van der Waals surface area contributed by atoms with Gasteiger partial charge in [0, 0.05) is 46.3 Å². The molecule has 1 aliphatic rings. The van der Waals surface area contributed by atoms with E-state index in [-0.39, 0.29) is 24.0 Å². The number of anilines is 1. The second-order valence-corrected chi connectivity index (χ2v) is 7.49. The van der Waals surface area contributed by atoms with Crippen LogP contribution in [0.5, 0.6) is 5.88 Å². The number of aromatic nitrogens is 2. The van der Waals surface area contributed by atoms with E-state index in [0.29, 0.717) is 11.8 Å². The first-order chi connectivity index (χ1) is 13.1. The Hall–Kier alpha value is -0.880. The number of nitrogens with zero attached hydrogens (tertiary/aromatic N) is 6. The Morgan fingerprint density at radius 1 is 1.32 bits per heavy atom. The minimum Gasteiger partial charge on any atom is -0.480 e. The fourth-order valence-electron chi connectivity index (χ4n) is 2.99. The Morgan fingerprint density at radius 2 is 2.04 bits per heavy atom. The van der Waals surface area contributed by atoms with Gasteiger partial charge < -0.3 is 24.8 Å². The highest BCUT2D eigenvalue weighted by Crippen LogP contribution is 2.23. The fraction of sp³-hybridized carbons (Fsp3) is 0.722. The summed E-state index contributed by atoms with van der Waals surface area (Å²) < 4.78 is 6.04. The number of hydrogen-bond donors (Lipinski definition) is 1. The van der Waals surface area contributed by atoms with E-state index in [1.54, 1.807) is 13.3 Å². The number of ether oxygens (including phenoxy) is 1. The molecule has 0 aromatic carbocycles. The summed E-state index contributed by atoms with van der Waals surface area (Å²) in [4.78, 5) is 20.2. The molecule has 1 aromatic rings. The van der Waals surface area contributed by atoms with E-state index in [1.165, 1.54) is 12.8 Å². The first-order valence-corrected chi connectivity index (χ1v) is 10.3. The summed E-state index contributed by atoms with van der Waals surface area (Å²) in [6, 6.07) is 0. The van der Waals surface area contributed by atoms with Gasteiger partial charge in [-0.1, -0.05) is 13.3 Å². The van der Waals surface area contributed by atoms with E-state index in [2.05, 4.69) is 64.9 Å². The zero-order valence-corrected chi connectivity index (χ0v) is 21.2. The number of unbranched alkanes of at least 4 members (excludes halogenated alkanes) is 1. The third kappa shape index (κ3) is 7.51. The van der Waals surface area contributed by atoms with Crippen molar-refractivity contribution in [1.29, 1.82) is 0 Å². The van der Waals surface area contributed by atoms with Crippen LogP contribution in [0.25, 0.3) is 0 Å². The normalized spacial score (nSPS) is 14.9. The lowest BCUT2D eigenvalue weighted by atomic mass is 10.3. The van der Waals surface area contributed by atoms with Crippen molar-refractivity contribution in [2.24, 2.45) is 4.99 Å². The van der Waals surface area contributed by atoms with Crippen LogP contribution in [0.3, 0.4) is 0 Å². The maximum atomic E-state index is 5.27. The zero-order chi connectivity index (χ0) is 19.6. The SMILES string of the molecule is CCCCN(C)CCNC(=NC)N1CCN(c2ncc(Br)c(OC)n2)CC1.I. The van der Waals surface area contributed by atoms with Gasteiger partial charge in [-0.05, 0) is 35.9 Å². The smallest absolute Gasteiger partial charge is 0.232 e. The van der Waals surface area contributed by atoms with Gasteiger partial charge in [0.2, 0.25) is 11.8 Å². The molecule has 28 heavy (non-hydrogen) atoms. The number of halogens is 2. The highest BCUT2D eigenvalue weighted by molar-refractivity contribution is 14.0. The molecule has 1 aliphatic heterocycles. The Balaban J connectivity index is 0.00000392. The summed E-state index contributed by atoms with van der Waals surface area (Å²) in [5.74, 6) is 2.23. The Labute approximate surface area is 194 Å². The number of methoxy groups -OCH3 is 1. The van der Waals surface area contributed by atoms with Crippen LogP contribution in [-0.4, -0.2) is 92.7 Å². The molecule has 0 atom stereocenters. The van der Waals surface area contributed by atoms with Gasteiger partial charge in [-0.3, -0.25) is 4.99 Å². The van der Waals surface area contributed by atoms with Crippen LogP contribution in [0.1, 0.15) is 19.8 Å². The van der Waals surface area contributed by atoms with Crippen LogP contribution in [0.15, 0.2) is 15.7 Å². The standard InChI is InChI=1S/C18H32BrN7O.HI/c1-5-6-8-24(3)9-7-21-17(20-2)25-10-12-26(13-11-25)18-22-14-15(19)16(23-18)27-4;/h14H,5-13H2,1-4H3,(H,20,21);1H. The average molecular weight is 570 g/mol. The van der Waals surface area contributed by atoms with Crippen LogP contribution in [0.4, 0.5) is 5.95 Å². The van der Waals surface area contributed by atoms with Gasteiger partial charge in [-0.15, -0.1) is 24.0 Å². The van der Waals surface area contributed by atoms with E-state index < -0.39 is 0 Å². The molecule has 0 amide bonds. The van der Waals surface area contributed by atoms with E-state index in [0.717, 1.165) is 56.2 Å². The summed E-state index contributed by atoms with van der Waals surface area (Å²) >= 11 is 3.40. The molecule has 8 nitrogen and oxygen atoms in total. The maximum absolute atomic E-state index is 5.27. The molecule has 1 saturated heterocycles. The lowest BCUT2D eigenvalue weighted by Gasteiger charge is -2.36. The Morgan fingerprint density at radius 3 is 2.64 bits per heavy atom. The van der Waals surface area contributed by atoms with Gasteiger partial charge in [0.15, 0.2) is 5.96 Å². The van der Waals surface area contributed by atoms with Crippen molar-refractivity contribution in [1.82, 2.24) is 25.1 Å². The second kappa shape index (κ2) is 13.4. The summed E-state index contributed by atoms with van der Waals surface area (Å²) in [7, 11) is 5.63. The van der Waals surface area contributed by atoms with Gasteiger partial charge in [-0.2, -0.15) is 4.98 Å². The van der Waals surface area contributed by atoms with E-state index in [4.69, 9.17) is 4.74 Å². The highest BCUT2D eigenvalue weighted by atomic mass is 127. The summed E-state index contributed by atoms with van der Waals surface area (Å²) in [5.41, 5.74) is 0. The third-order valence-electron chi connectivity index (χ3n) is 4.64. The van der Waals surface area contributed by atoms with Crippen molar-refractivity contribution in [3.8, 4) is 5.88 Å². The predicted octanol–water partition coefficient (Wildman–Crippen LogP) is 2.30. The zero-order valence-electron chi connectivity index (χ0n) is 17.3. The first kappa shape index (κ1) is 25.2. The molecule has 2 heterocycles. The number of aliphatic imine (C=N–C) groups is 1. The molecule has 0 aliphatic carbocycles. The topological polar surface area (TPSA) is 69.1 Å². The highest BCUT2D eigenvalue weighted by Gasteiger charge is 2.22. The number of piperazine rings is 1. The van der Waals surface area contributed by atoms with Crippen molar-refractivity contribution in [2.45, 2.75) is 19.8 Å². The number of nitrogens with one attached hydrogen (secondary N) is 1. The lowest BCUT2D eigenvalue weighted by molar-refractivity contribution is 0.325. The predicted molar refractivity (Wildman–Crippen MR) is 129 cm³/mol. The van der Waals surface area contributed by atoms with E-state index in [9.17, 15) is 0 Å². The van der Waals surface area contributed by atoms with E-state index in [1.807, 2.05) is 7.05 Å². The van der Waals surface area contributed by atoms with Crippen molar-refractivity contribution < 1.29 is 4.74 Å². The molecule has 0 bridgehead atoms. The molecular formula is C18H33BrIN7O. The molecule has 0 unspecified atom stereocenters. The molecule has 1 fully saturated rings. The maximum Gasteiger partial charge on any atom is 0.232 e. The Bertz CT molecular complexity index is 612. The van der Waals surface area contributed by atoms with Crippen molar-refractivity contribution >= 4 is 51.8 Å². The lowest BCUT2D eigenvalue weighted by Crippen LogP contribution is -2.53. The van der Waals surface area contributed by atoms with Gasteiger partial charge in [0.25, 0.3) is 0 Å². The quantitative estimate of drug-likeness (QED) is 0.293. The minimum atomic E-state index is 0. The van der Waals surface area contributed by atoms with Gasteiger partial charge in [0.1, 0.15) is 0 Å². The van der Waals surface area contributed by atoms with Crippen LogP contribution < -0.4 is 15.0 Å². The van der Waals surface area contributed by atoms with Crippen LogP contribution in [-0.2, 0) is 0 Å². The number of hydrogen-bond acceptors (Lipinski definition) is 6. The Kier molecular flexibility index (Phi) is 12.0. The van der Waals surface area contributed by atoms with Crippen LogP contribution >= 0.6 is 39.9 Å². The average Bonchev–Trinajstić information content (AvgIpc) is 2.70. The summed E-state index contributed by atoms with van der Waals surface area (Å²) in [5, 5.41) is 3.49. The van der Waals surface area contributed by atoms with Crippen molar-refractivity contribution in [3.63, 3.8) is 0 Å². The van der Waals surface area contributed by atoms with Gasteiger partial charge in [0.05, 0.1) is 17.8 Å². The van der Waals surface area contributed by atoms with E-state index >= 15 is 0 Å². The third-order valence-corrected chi connectivity index (χ3v) is 5.18. The molecule has 160 valence electrons. The molecular weight excluding hydrogens is 537 g/mol. The number of likely N-dealkylation sites (N-methyl/N-ethyl adjacent to an activating group) is 1. The molecule has 1 N–H and O–H groups in total. The van der Waals surface area contributed by atoms with Gasteiger partial charge >= 0.3 is 0 Å². The number of guanidine groups is 1. The molecule has 0 saturated carbocycles. The van der Waals surface area contributed by atoms with Gasteiger partial charge in [-0.25, -0.2) is 4.98 Å². The fourth-order valence-corrected chi connectivity index (χ4v) is 3.34. The molecule has 2 rings (SSSR count). The first-order valence-electron chi connectivity index (χ1n) is 9.54. The van der Waals surface area contributed by atoms with Crippen molar-refractivity contribution in [3.05, 3.63) is 10.7 Å². The summed E-state index contributed by atoms with van der Waals surface area (Å²) in [6.45, 7) is 8.75. The van der Waals surface area contributed by atoms with Crippen LogP contribution in [0, 0.1) is 0 Å². The monoisotopic (exact) mass is 569 g/mol. The van der Waals surface area contributed by atoms with Crippen LogP contribution in [0.2, 0.25) is 0 Å². The molecule has 0 spiro atoms. The minimum absolute atomic E-state index is 0. The largest absolute Gasteiger partial charge is 0.480 e.